The molecule has 0 unspecified atom stereocenters. The largest absolute Gasteiger partial charge is 0.318 e. The fourth-order valence-corrected chi connectivity index (χ4v) is 1.42. The summed E-state index contributed by atoms with van der Waals surface area (Å²) in [7, 11) is 0. The number of non-ortho nitro benzene ring substituents is 1. The van der Waals surface area contributed by atoms with Gasteiger partial charge >= 0.3 is 0 Å². The lowest BCUT2D eigenvalue weighted by Gasteiger charge is -2.05. The molecule has 102 valence electrons. The molecule has 1 amide bonds. The highest BCUT2D eigenvalue weighted by Crippen LogP contribution is 2.20. The van der Waals surface area contributed by atoms with Crippen LogP contribution in [0.3, 0.4) is 0 Å². The highest BCUT2D eigenvalue weighted by molar-refractivity contribution is 6.02. The van der Waals surface area contributed by atoms with E-state index in [-0.39, 0.29) is 11.4 Å². The van der Waals surface area contributed by atoms with Crippen molar-refractivity contribution in [3.8, 4) is 0 Å². The van der Waals surface area contributed by atoms with E-state index in [1.165, 1.54) is 12.4 Å². The third-order valence-corrected chi connectivity index (χ3v) is 2.43. The molecule has 0 aliphatic rings. The number of carbonyl (C=O) groups excluding carboxylic acids is 1. The molecular weight excluding hydrogens is 267 g/mol. The van der Waals surface area contributed by atoms with Crippen LogP contribution in [-0.2, 0) is 0 Å². The Labute approximate surface area is 112 Å². The van der Waals surface area contributed by atoms with Crippen LogP contribution in [0, 0.1) is 22.9 Å². The van der Waals surface area contributed by atoms with Crippen LogP contribution in [0.2, 0.25) is 0 Å². The fraction of sp³-hybridized carbons (Fsp3) is 0.0833. The number of halogens is 1. The maximum Gasteiger partial charge on any atom is 0.275 e. The number of amides is 1. The van der Waals surface area contributed by atoms with Gasteiger partial charge in [-0.15, -0.1) is 0 Å². The van der Waals surface area contributed by atoms with E-state index in [2.05, 4.69) is 15.3 Å². The summed E-state index contributed by atoms with van der Waals surface area (Å²) in [5.41, 5.74) is 0.107. The molecule has 1 N–H and O–H groups in total. The first-order valence-corrected chi connectivity index (χ1v) is 5.51. The van der Waals surface area contributed by atoms with Gasteiger partial charge in [-0.05, 0) is 13.0 Å². The van der Waals surface area contributed by atoms with Crippen molar-refractivity contribution < 1.29 is 14.1 Å². The summed E-state index contributed by atoms with van der Waals surface area (Å²) in [6, 6.07) is 2.95. The van der Waals surface area contributed by atoms with Crippen LogP contribution in [0.4, 0.5) is 15.8 Å². The van der Waals surface area contributed by atoms with Gasteiger partial charge in [0.1, 0.15) is 5.69 Å². The number of rotatable bonds is 3. The number of nitro benzene ring substituents is 1. The molecule has 0 saturated carbocycles. The lowest BCUT2D eigenvalue weighted by Crippen LogP contribution is -2.15. The maximum absolute atomic E-state index is 13.6. The van der Waals surface area contributed by atoms with Crippen LogP contribution in [-0.4, -0.2) is 20.8 Å². The zero-order valence-electron chi connectivity index (χ0n) is 10.3. The van der Waals surface area contributed by atoms with E-state index in [0.29, 0.717) is 5.69 Å². The Morgan fingerprint density at radius 2 is 2.10 bits per heavy atom. The van der Waals surface area contributed by atoms with Crippen molar-refractivity contribution in [2.45, 2.75) is 6.92 Å². The molecule has 1 heterocycles. The predicted octanol–water partition coefficient (Wildman–Crippen LogP) is 2.08. The van der Waals surface area contributed by atoms with Gasteiger partial charge in [-0.1, -0.05) is 0 Å². The SMILES string of the molecule is Cc1cnc(C(=O)Nc2ccc([N+](=O)[O-])cc2F)cn1. The van der Waals surface area contributed by atoms with Crippen molar-refractivity contribution >= 4 is 17.3 Å². The number of hydrogen-bond acceptors (Lipinski definition) is 5. The second kappa shape index (κ2) is 5.39. The molecule has 0 aliphatic carbocycles. The Balaban J connectivity index is 2.19. The Morgan fingerprint density at radius 1 is 1.35 bits per heavy atom. The standard InChI is InChI=1S/C12H9FN4O3/c1-7-5-15-11(6-14-7)12(18)16-10-3-2-8(17(19)20)4-9(10)13/h2-6H,1H3,(H,16,18). The first-order chi connectivity index (χ1) is 9.47. The van der Waals surface area contributed by atoms with Gasteiger partial charge in [0.2, 0.25) is 0 Å². The van der Waals surface area contributed by atoms with Crippen LogP contribution in [0.1, 0.15) is 16.2 Å². The van der Waals surface area contributed by atoms with Gasteiger partial charge < -0.3 is 5.32 Å². The van der Waals surface area contributed by atoms with E-state index >= 15 is 0 Å². The van der Waals surface area contributed by atoms with Gasteiger partial charge in [0.25, 0.3) is 11.6 Å². The van der Waals surface area contributed by atoms with Crippen LogP contribution in [0.5, 0.6) is 0 Å². The monoisotopic (exact) mass is 276 g/mol. The van der Waals surface area contributed by atoms with E-state index in [4.69, 9.17) is 0 Å². The third-order valence-electron chi connectivity index (χ3n) is 2.43. The molecule has 7 nitrogen and oxygen atoms in total. The molecule has 0 spiro atoms. The van der Waals surface area contributed by atoms with Gasteiger partial charge in [-0.25, -0.2) is 9.37 Å². The van der Waals surface area contributed by atoms with Gasteiger partial charge in [-0.3, -0.25) is 19.9 Å². The summed E-state index contributed by atoms with van der Waals surface area (Å²) in [6.45, 7) is 1.71. The van der Waals surface area contributed by atoms with Crippen LogP contribution >= 0.6 is 0 Å². The molecular formula is C12H9FN4O3. The first kappa shape index (κ1) is 13.5. The normalized spacial score (nSPS) is 10.1. The van der Waals surface area contributed by atoms with Crippen molar-refractivity contribution in [2.24, 2.45) is 0 Å². The van der Waals surface area contributed by atoms with E-state index in [1.54, 1.807) is 6.92 Å². The topological polar surface area (TPSA) is 98.0 Å². The lowest BCUT2D eigenvalue weighted by molar-refractivity contribution is -0.385. The quantitative estimate of drug-likeness (QED) is 0.683. The van der Waals surface area contributed by atoms with Crippen LogP contribution in [0.15, 0.2) is 30.6 Å². The molecule has 2 aromatic rings. The van der Waals surface area contributed by atoms with E-state index in [1.807, 2.05) is 0 Å². The molecule has 0 bridgehead atoms. The molecule has 1 aromatic carbocycles. The third kappa shape index (κ3) is 2.91. The van der Waals surface area contributed by atoms with Gasteiger partial charge in [0.15, 0.2) is 5.82 Å². The fourth-order valence-electron chi connectivity index (χ4n) is 1.42. The van der Waals surface area contributed by atoms with Gasteiger partial charge in [-0.2, -0.15) is 0 Å². The van der Waals surface area contributed by atoms with Crippen LogP contribution in [0.25, 0.3) is 0 Å². The number of carbonyl (C=O) groups is 1. The molecule has 0 aliphatic heterocycles. The zero-order chi connectivity index (χ0) is 14.7. The summed E-state index contributed by atoms with van der Waals surface area (Å²) in [4.78, 5) is 29.3. The molecule has 0 saturated heterocycles. The number of benzene rings is 1. The van der Waals surface area contributed by atoms with Crippen molar-refractivity contribution in [1.82, 2.24) is 9.97 Å². The highest BCUT2D eigenvalue weighted by Gasteiger charge is 2.14. The Kier molecular flexibility index (Phi) is 3.65. The predicted molar refractivity (Wildman–Crippen MR) is 67.8 cm³/mol. The Hall–Kier alpha value is -2.90. The molecule has 0 atom stereocenters. The van der Waals surface area contributed by atoms with Gasteiger partial charge in [0, 0.05) is 12.3 Å². The summed E-state index contributed by atoms with van der Waals surface area (Å²) < 4.78 is 13.6. The molecule has 2 rings (SSSR count). The molecule has 8 heteroatoms. The number of nitro groups is 1. The van der Waals surface area contributed by atoms with E-state index < -0.39 is 22.3 Å². The number of nitrogens with zero attached hydrogens (tertiary/aromatic N) is 3. The minimum Gasteiger partial charge on any atom is -0.318 e. The zero-order valence-corrected chi connectivity index (χ0v) is 10.3. The van der Waals surface area contributed by atoms with Crippen molar-refractivity contribution in [2.75, 3.05) is 5.32 Å². The van der Waals surface area contributed by atoms with Crippen LogP contribution < -0.4 is 5.32 Å². The average Bonchev–Trinajstić information content (AvgIpc) is 2.41. The molecule has 1 aromatic heterocycles. The van der Waals surface area contributed by atoms with Crippen molar-refractivity contribution in [3.05, 3.63) is 57.9 Å². The Bertz CT molecular complexity index is 673. The summed E-state index contributed by atoms with van der Waals surface area (Å²) in [6.07, 6.45) is 2.66. The van der Waals surface area contributed by atoms with E-state index in [0.717, 1.165) is 18.2 Å². The number of anilines is 1. The first-order valence-electron chi connectivity index (χ1n) is 5.51. The maximum atomic E-state index is 13.6. The van der Waals surface area contributed by atoms with Gasteiger partial charge in [0.05, 0.1) is 28.6 Å². The minimum absolute atomic E-state index is 0.0216. The second-order valence-corrected chi connectivity index (χ2v) is 3.92. The van der Waals surface area contributed by atoms with Crippen molar-refractivity contribution in [1.29, 1.82) is 0 Å². The second-order valence-electron chi connectivity index (χ2n) is 3.92. The lowest BCUT2D eigenvalue weighted by atomic mass is 10.2. The molecule has 0 fully saturated rings. The minimum atomic E-state index is -0.896. The summed E-state index contributed by atoms with van der Waals surface area (Å²) in [5.74, 6) is -1.54. The smallest absolute Gasteiger partial charge is 0.275 e. The highest BCUT2D eigenvalue weighted by atomic mass is 19.1. The number of aromatic nitrogens is 2. The van der Waals surface area contributed by atoms with E-state index in [9.17, 15) is 19.3 Å². The summed E-state index contributed by atoms with van der Waals surface area (Å²) >= 11 is 0. The molecule has 0 radical (unpaired) electrons. The Morgan fingerprint density at radius 3 is 2.65 bits per heavy atom. The molecule has 20 heavy (non-hydrogen) atoms. The number of nitrogens with one attached hydrogen (secondary N) is 1. The number of aryl methyl sites for hydroxylation is 1. The number of hydrogen-bond donors (Lipinski definition) is 1. The van der Waals surface area contributed by atoms with Crippen molar-refractivity contribution in [3.63, 3.8) is 0 Å². The summed E-state index contributed by atoms with van der Waals surface area (Å²) in [5, 5.41) is 12.7. The average molecular weight is 276 g/mol.